The topological polar surface area (TPSA) is 61.0 Å². The molecule has 0 bridgehead atoms. The number of hydrogen-bond donors (Lipinski definition) is 2. The summed E-state index contributed by atoms with van der Waals surface area (Å²) in [5, 5.41) is 2.62. The Kier molecular flexibility index (Phi) is 3.53. The molecule has 0 radical (unpaired) electrons. The van der Waals surface area contributed by atoms with E-state index in [1.165, 1.54) is 13.2 Å². The van der Waals surface area contributed by atoms with Crippen LogP contribution in [0, 0.1) is 5.41 Å². The third-order valence-corrected chi connectivity index (χ3v) is 3.40. The van der Waals surface area contributed by atoms with Gasteiger partial charge in [0.1, 0.15) is 5.82 Å². The van der Waals surface area contributed by atoms with Gasteiger partial charge in [-0.3, -0.25) is 4.79 Å². The Bertz CT molecular complexity index is 437. The number of alkyl halides is 3. The van der Waals surface area contributed by atoms with Gasteiger partial charge in [-0.15, -0.1) is 0 Å². The van der Waals surface area contributed by atoms with Crippen molar-refractivity contribution in [1.29, 1.82) is 0 Å². The number of imidazole rings is 1. The maximum Gasteiger partial charge on any atom is 0.404 e. The van der Waals surface area contributed by atoms with E-state index in [1.54, 1.807) is 6.20 Å². The number of nitrogens with one attached hydrogen (secondary N) is 2. The van der Waals surface area contributed by atoms with Crippen LogP contribution in [0.15, 0.2) is 12.4 Å². The molecule has 106 valence electrons. The number of halogens is 3. The predicted octanol–water partition coefficient (Wildman–Crippen LogP) is 0.910. The number of nitrogens with zero attached hydrogens (tertiary/aromatic N) is 2. The molecular weight excluding hydrogens is 261 g/mol. The van der Waals surface area contributed by atoms with Crippen molar-refractivity contribution in [2.75, 3.05) is 20.1 Å². The van der Waals surface area contributed by atoms with E-state index in [2.05, 4.69) is 15.3 Å². The second-order valence-corrected chi connectivity index (χ2v) is 4.70. The molecule has 0 aromatic carbocycles. The molecule has 5 nitrogen and oxygen atoms in total. The molecule has 2 heterocycles. The highest BCUT2D eigenvalue weighted by Gasteiger charge is 2.62. The molecule has 8 heteroatoms. The third kappa shape index (κ3) is 2.44. The second-order valence-electron chi connectivity index (χ2n) is 4.70. The Morgan fingerprint density at radius 1 is 1.58 bits per heavy atom. The van der Waals surface area contributed by atoms with Crippen LogP contribution in [0.4, 0.5) is 13.2 Å². The summed E-state index contributed by atoms with van der Waals surface area (Å²) in [6.07, 6.45) is -1.72. The summed E-state index contributed by atoms with van der Waals surface area (Å²) in [4.78, 5) is 19.9. The normalized spacial score (nSPS) is 23.6. The zero-order valence-corrected chi connectivity index (χ0v) is 10.4. The summed E-state index contributed by atoms with van der Waals surface area (Å²) in [7, 11) is 1.36. The summed E-state index contributed by atoms with van der Waals surface area (Å²) in [6, 6.07) is 0. The van der Waals surface area contributed by atoms with Crippen molar-refractivity contribution in [1.82, 2.24) is 20.2 Å². The van der Waals surface area contributed by atoms with Crippen molar-refractivity contribution in [2.24, 2.45) is 5.41 Å². The van der Waals surface area contributed by atoms with Gasteiger partial charge >= 0.3 is 6.18 Å². The number of carbonyl (C=O) groups excluding carboxylic acids is 1. The Morgan fingerprint density at radius 3 is 2.79 bits per heavy atom. The maximum absolute atomic E-state index is 13.2. The average molecular weight is 276 g/mol. The predicted molar refractivity (Wildman–Crippen MR) is 61.0 cm³/mol. The van der Waals surface area contributed by atoms with E-state index in [-0.39, 0.29) is 26.1 Å². The first-order valence-corrected chi connectivity index (χ1v) is 5.88. The van der Waals surface area contributed by atoms with Gasteiger partial charge in [0, 0.05) is 26.0 Å². The summed E-state index contributed by atoms with van der Waals surface area (Å²) in [5.41, 5.74) is -2.31. The average Bonchev–Trinajstić information content (AvgIpc) is 2.97. The van der Waals surface area contributed by atoms with E-state index < -0.39 is 17.5 Å². The van der Waals surface area contributed by atoms with Crippen LogP contribution in [0.3, 0.4) is 0 Å². The lowest BCUT2D eigenvalue weighted by Crippen LogP contribution is -2.52. The Labute approximate surface area is 108 Å². The minimum atomic E-state index is -4.55. The number of H-pyrrole nitrogens is 1. The van der Waals surface area contributed by atoms with Crippen LogP contribution in [-0.4, -0.2) is 47.1 Å². The van der Waals surface area contributed by atoms with Crippen molar-refractivity contribution in [3.63, 3.8) is 0 Å². The summed E-state index contributed by atoms with van der Waals surface area (Å²) in [5.74, 6) is -0.458. The van der Waals surface area contributed by atoms with E-state index in [1.807, 2.05) is 0 Å². The number of aromatic nitrogens is 2. The van der Waals surface area contributed by atoms with Crippen LogP contribution < -0.4 is 5.32 Å². The Balaban J connectivity index is 2.16. The van der Waals surface area contributed by atoms with E-state index >= 15 is 0 Å². The van der Waals surface area contributed by atoms with Gasteiger partial charge in [-0.1, -0.05) is 0 Å². The molecule has 19 heavy (non-hydrogen) atoms. The number of hydrogen-bond acceptors (Lipinski definition) is 3. The van der Waals surface area contributed by atoms with Gasteiger partial charge in [-0.25, -0.2) is 4.98 Å². The summed E-state index contributed by atoms with van der Waals surface area (Å²) >= 11 is 0. The lowest BCUT2D eigenvalue weighted by molar-refractivity contribution is -0.221. The molecule has 0 saturated carbocycles. The fourth-order valence-electron chi connectivity index (χ4n) is 2.28. The number of amides is 1. The minimum absolute atomic E-state index is 0.0314. The SMILES string of the molecule is CN(Cc1ncc[nH]1)C(=O)C1(C(F)(F)F)CCNC1. The fraction of sp³-hybridized carbons (Fsp3) is 0.636. The highest BCUT2D eigenvalue weighted by Crippen LogP contribution is 2.44. The van der Waals surface area contributed by atoms with Gasteiger partial charge in [0.05, 0.1) is 6.54 Å². The van der Waals surface area contributed by atoms with Gasteiger partial charge in [-0.05, 0) is 13.0 Å². The highest BCUT2D eigenvalue weighted by atomic mass is 19.4. The molecule has 1 fully saturated rings. The second kappa shape index (κ2) is 4.84. The van der Waals surface area contributed by atoms with Gasteiger partial charge in [0.2, 0.25) is 5.91 Å². The zero-order chi connectivity index (χ0) is 14.1. The lowest BCUT2D eigenvalue weighted by atomic mass is 9.84. The van der Waals surface area contributed by atoms with Gasteiger partial charge < -0.3 is 15.2 Å². The van der Waals surface area contributed by atoms with Crippen LogP contribution in [0.25, 0.3) is 0 Å². The quantitative estimate of drug-likeness (QED) is 0.862. The van der Waals surface area contributed by atoms with Crippen molar-refractivity contribution < 1.29 is 18.0 Å². The van der Waals surface area contributed by atoms with Gasteiger partial charge in [0.15, 0.2) is 5.41 Å². The molecule has 1 aliphatic rings. The number of aromatic amines is 1. The maximum atomic E-state index is 13.2. The molecule has 1 saturated heterocycles. The monoisotopic (exact) mass is 276 g/mol. The highest BCUT2D eigenvalue weighted by molar-refractivity contribution is 5.84. The van der Waals surface area contributed by atoms with Crippen LogP contribution in [-0.2, 0) is 11.3 Å². The Hall–Kier alpha value is -1.57. The lowest BCUT2D eigenvalue weighted by Gasteiger charge is -2.33. The van der Waals surface area contributed by atoms with Gasteiger partial charge in [0.25, 0.3) is 0 Å². The van der Waals surface area contributed by atoms with E-state index in [9.17, 15) is 18.0 Å². The van der Waals surface area contributed by atoms with E-state index in [0.29, 0.717) is 5.82 Å². The molecule has 0 spiro atoms. The molecule has 1 aromatic rings. The molecule has 1 unspecified atom stereocenters. The number of rotatable bonds is 3. The van der Waals surface area contributed by atoms with Gasteiger partial charge in [-0.2, -0.15) is 13.2 Å². The van der Waals surface area contributed by atoms with Crippen molar-refractivity contribution in [2.45, 2.75) is 19.1 Å². The Morgan fingerprint density at radius 2 is 2.32 bits per heavy atom. The van der Waals surface area contributed by atoms with Crippen LogP contribution >= 0.6 is 0 Å². The molecule has 1 amide bonds. The van der Waals surface area contributed by atoms with Crippen molar-refractivity contribution >= 4 is 5.91 Å². The molecule has 2 rings (SSSR count). The first kappa shape index (κ1) is 13.9. The number of carbonyl (C=O) groups is 1. The zero-order valence-electron chi connectivity index (χ0n) is 10.4. The van der Waals surface area contributed by atoms with E-state index in [4.69, 9.17) is 0 Å². The minimum Gasteiger partial charge on any atom is -0.347 e. The largest absolute Gasteiger partial charge is 0.404 e. The molecular formula is C11H15F3N4O. The van der Waals surface area contributed by atoms with Crippen LogP contribution in [0.2, 0.25) is 0 Å². The van der Waals surface area contributed by atoms with Crippen LogP contribution in [0.1, 0.15) is 12.2 Å². The van der Waals surface area contributed by atoms with E-state index in [0.717, 1.165) is 4.90 Å². The first-order chi connectivity index (χ1) is 8.87. The summed E-state index contributed by atoms with van der Waals surface area (Å²) < 4.78 is 39.6. The molecule has 1 aliphatic heterocycles. The van der Waals surface area contributed by atoms with Crippen molar-refractivity contribution in [3.8, 4) is 0 Å². The van der Waals surface area contributed by atoms with Crippen molar-refractivity contribution in [3.05, 3.63) is 18.2 Å². The molecule has 1 aromatic heterocycles. The van der Waals surface area contributed by atoms with Crippen LogP contribution in [0.5, 0.6) is 0 Å². The molecule has 2 N–H and O–H groups in total. The molecule has 0 aliphatic carbocycles. The summed E-state index contributed by atoms with van der Waals surface area (Å²) in [6.45, 7) is -0.138. The molecule has 1 atom stereocenters. The standard InChI is InChI=1S/C11H15F3N4O/c1-18(6-8-16-4-5-17-8)9(19)10(11(12,13)14)2-3-15-7-10/h4-5,15H,2-3,6-7H2,1H3,(H,16,17). The third-order valence-electron chi connectivity index (χ3n) is 3.40. The first-order valence-electron chi connectivity index (χ1n) is 5.88. The smallest absolute Gasteiger partial charge is 0.347 e. The fourth-order valence-corrected chi connectivity index (χ4v) is 2.28.